The van der Waals surface area contributed by atoms with Crippen LogP contribution < -0.4 is 20.1 Å². The van der Waals surface area contributed by atoms with Crippen molar-refractivity contribution in [1.82, 2.24) is 0 Å². The van der Waals surface area contributed by atoms with Crippen molar-refractivity contribution < 1.29 is 24.2 Å². The molecule has 0 radical (unpaired) electrons. The van der Waals surface area contributed by atoms with Crippen LogP contribution in [0.4, 0.5) is 11.4 Å². The van der Waals surface area contributed by atoms with Crippen molar-refractivity contribution in [2.75, 3.05) is 24.9 Å². The van der Waals surface area contributed by atoms with Gasteiger partial charge in [-0.3, -0.25) is 9.59 Å². The number of carbonyl (C=O) groups excluding carboxylic acids is 2. The van der Waals surface area contributed by atoms with E-state index < -0.39 is 5.91 Å². The molecule has 4 aromatic rings. The van der Waals surface area contributed by atoms with Crippen molar-refractivity contribution in [2.45, 2.75) is 13.8 Å². The Hall–Kier alpha value is -4.52. The summed E-state index contributed by atoms with van der Waals surface area (Å²) in [6.07, 6.45) is 0. The van der Waals surface area contributed by atoms with Gasteiger partial charge in [0.2, 0.25) is 0 Å². The number of aromatic hydroxyl groups is 1. The summed E-state index contributed by atoms with van der Waals surface area (Å²) >= 11 is 0. The van der Waals surface area contributed by atoms with E-state index in [1.165, 1.54) is 13.2 Å². The first-order chi connectivity index (χ1) is 16.8. The van der Waals surface area contributed by atoms with Crippen LogP contribution in [0.3, 0.4) is 0 Å². The van der Waals surface area contributed by atoms with Crippen molar-refractivity contribution >= 4 is 34.0 Å². The van der Waals surface area contributed by atoms with Crippen LogP contribution >= 0.6 is 0 Å². The van der Waals surface area contributed by atoms with Crippen LogP contribution in [0.25, 0.3) is 10.8 Å². The topological polar surface area (TPSA) is 96.9 Å². The number of methoxy groups -OCH3 is 2. The van der Waals surface area contributed by atoms with Gasteiger partial charge in [-0.1, -0.05) is 18.2 Å². The first-order valence-corrected chi connectivity index (χ1v) is 11.0. The fourth-order valence-electron chi connectivity index (χ4n) is 3.83. The minimum absolute atomic E-state index is 0.0824. The molecule has 0 unspecified atom stereocenters. The number of hydrogen-bond donors (Lipinski definition) is 3. The molecule has 4 aromatic carbocycles. The lowest BCUT2D eigenvalue weighted by Gasteiger charge is -2.13. The van der Waals surface area contributed by atoms with E-state index in [2.05, 4.69) is 10.6 Å². The molecular formula is C28H26N2O5. The molecule has 0 bridgehead atoms. The van der Waals surface area contributed by atoms with Gasteiger partial charge in [0, 0.05) is 5.56 Å². The fraction of sp³-hybridized carbons (Fsp3) is 0.143. The van der Waals surface area contributed by atoms with E-state index in [-0.39, 0.29) is 17.2 Å². The molecule has 178 valence electrons. The van der Waals surface area contributed by atoms with Gasteiger partial charge in [0.15, 0.2) is 0 Å². The third-order valence-electron chi connectivity index (χ3n) is 5.67. The normalized spacial score (nSPS) is 10.6. The number of amides is 2. The zero-order valence-electron chi connectivity index (χ0n) is 19.9. The lowest BCUT2D eigenvalue weighted by atomic mass is 10.0. The van der Waals surface area contributed by atoms with Gasteiger partial charge in [0.05, 0.1) is 31.2 Å². The highest BCUT2D eigenvalue weighted by molar-refractivity contribution is 6.11. The summed E-state index contributed by atoms with van der Waals surface area (Å²) < 4.78 is 10.7. The summed E-state index contributed by atoms with van der Waals surface area (Å²) in [5.74, 6) is 0.0882. The van der Waals surface area contributed by atoms with Gasteiger partial charge in [-0.15, -0.1) is 0 Å². The Labute approximate surface area is 203 Å². The Balaban J connectivity index is 1.64. The molecule has 4 rings (SSSR count). The Morgan fingerprint density at radius 1 is 0.686 bits per heavy atom. The van der Waals surface area contributed by atoms with Crippen molar-refractivity contribution in [3.63, 3.8) is 0 Å². The number of aryl methyl sites for hydroxylation is 2. The molecule has 35 heavy (non-hydrogen) atoms. The zero-order valence-corrected chi connectivity index (χ0v) is 19.9. The number of phenolic OH excluding ortho intramolecular Hbond substituents is 1. The quantitative estimate of drug-likeness (QED) is 0.337. The van der Waals surface area contributed by atoms with Crippen molar-refractivity contribution in [3.8, 4) is 17.2 Å². The minimum Gasteiger partial charge on any atom is -0.507 e. The van der Waals surface area contributed by atoms with Gasteiger partial charge < -0.3 is 25.2 Å². The van der Waals surface area contributed by atoms with E-state index in [9.17, 15) is 14.7 Å². The highest BCUT2D eigenvalue weighted by Gasteiger charge is 2.17. The molecular weight excluding hydrogens is 444 g/mol. The molecule has 0 aliphatic carbocycles. The second kappa shape index (κ2) is 9.77. The van der Waals surface area contributed by atoms with Crippen LogP contribution in [0, 0.1) is 13.8 Å². The third-order valence-corrected chi connectivity index (χ3v) is 5.67. The summed E-state index contributed by atoms with van der Waals surface area (Å²) in [5.41, 5.74) is 3.48. The number of hydrogen-bond acceptors (Lipinski definition) is 5. The molecule has 0 aliphatic heterocycles. The predicted molar refractivity (Wildman–Crippen MR) is 137 cm³/mol. The third kappa shape index (κ3) is 5.04. The number of phenols is 1. The highest BCUT2D eigenvalue weighted by Crippen LogP contribution is 2.30. The van der Waals surface area contributed by atoms with E-state index >= 15 is 0 Å². The number of anilines is 2. The van der Waals surface area contributed by atoms with Crippen LogP contribution in [0.2, 0.25) is 0 Å². The second-order valence-corrected chi connectivity index (χ2v) is 8.25. The number of rotatable bonds is 6. The first kappa shape index (κ1) is 23.6. The maximum atomic E-state index is 13.0. The monoisotopic (exact) mass is 470 g/mol. The number of carbonyl (C=O) groups is 2. The van der Waals surface area contributed by atoms with Gasteiger partial charge in [-0.25, -0.2) is 0 Å². The smallest absolute Gasteiger partial charge is 0.259 e. The molecule has 2 amide bonds. The predicted octanol–water partition coefficient (Wildman–Crippen LogP) is 5.68. The van der Waals surface area contributed by atoms with Gasteiger partial charge in [0.1, 0.15) is 17.2 Å². The van der Waals surface area contributed by atoms with Crippen LogP contribution in [0.5, 0.6) is 17.2 Å². The highest BCUT2D eigenvalue weighted by atomic mass is 16.5. The fourth-order valence-corrected chi connectivity index (χ4v) is 3.83. The minimum atomic E-state index is -0.493. The second-order valence-electron chi connectivity index (χ2n) is 8.25. The van der Waals surface area contributed by atoms with E-state index in [1.807, 2.05) is 32.0 Å². The molecule has 0 saturated carbocycles. The van der Waals surface area contributed by atoms with Crippen molar-refractivity contribution in [2.24, 2.45) is 0 Å². The van der Waals surface area contributed by atoms with Gasteiger partial charge in [0.25, 0.3) is 11.8 Å². The molecule has 0 aliphatic rings. The Morgan fingerprint density at radius 2 is 1.26 bits per heavy atom. The number of benzene rings is 4. The van der Waals surface area contributed by atoms with Crippen molar-refractivity contribution in [1.29, 1.82) is 0 Å². The van der Waals surface area contributed by atoms with E-state index in [0.29, 0.717) is 39.2 Å². The summed E-state index contributed by atoms with van der Waals surface area (Å²) in [4.78, 5) is 26.0. The number of ether oxygens (including phenoxy) is 2. The standard InChI is InChI=1S/C28H26N2O5/c1-16-5-9-25(34-3)22(11-16)29-27(32)19-8-7-18-15-24(31)21(14-20(18)13-19)28(33)30-23-12-17(2)6-10-26(23)35-4/h5-15,31H,1-4H3,(H,29,32)(H,30,33). The Kier molecular flexibility index (Phi) is 6.59. The van der Waals surface area contributed by atoms with Crippen LogP contribution in [-0.2, 0) is 0 Å². The maximum Gasteiger partial charge on any atom is 0.259 e. The van der Waals surface area contributed by atoms with Gasteiger partial charge in [-0.2, -0.15) is 0 Å². The summed E-state index contributed by atoms with van der Waals surface area (Å²) in [6.45, 7) is 3.83. The largest absolute Gasteiger partial charge is 0.507 e. The first-order valence-electron chi connectivity index (χ1n) is 11.0. The summed E-state index contributed by atoms with van der Waals surface area (Å²) in [5, 5.41) is 17.5. The Morgan fingerprint density at radius 3 is 1.83 bits per heavy atom. The van der Waals surface area contributed by atoms with Crippen LogP contribution in [0.15, 0.2) is 66.7 Å². The van der Waals surface area contributed by atoms with Crippen molar-refractivity contribution in [3.05, 3.63) is 89.0 Å². The molecule has 0 saturated heterocycles. The Bertz CT molecular complexity index is 1450. The SMILES string of the molecule is COc1ccc(C)cc1NC(=O)c1ccc2cc(O)c(C(=O)Nc3cc(C)ccc3OC)cc2c1. The molecule has 0 heterocycles. The zero-order chi connectivity index (χ0) is 25.1. The van der Waals surface area contributed by atoms with E-state index in [4.69, 9.17) is 9.47 Å². The lowest BCUT2D eigenvalue weighted by molar-refractivity contribution is 0.101. The summed E-state index contributed by atoms with van der Waals surface area (Å²) in [7, 11) is 3.06. The molecule has 3 N–H and O–H groups in total. The van der Waals surface area contributed by atoms with Crippen LogP contribution in [0.1, 0.15) is 31.8 Å². The molecule has 0 aromatic heterocycles. The molecule has 0 atom stereocenters. The van der Waals surface area contributed by atoms with E-state index in [0.717, 1.165) is 11.1 Å². The molecule has 0 spiro atoms. The lowest BCUT2D eigenvalue weighted by Crippen LogP contribution is -2.14. The molecule has 7 heteroatoms. The molecule has 0 fully saturated rings. The number of fused-ring (bicyclic) bond motifs is 1. The van der Waals surface area contributed by atoms with Crippen LogP contribution in [-0.4, -0.2) is 31.1 Å². The summed E-state index contributed by atoms with van der Waals surface area (Å²) in [6, 6.07) is 19.1. The maximum absolute atomic E-state index is 13.0. The van der Waals surface area contributed by atoms with E-state index in [1.54, 1.807) is 49.6 Å². The average Bonchev–Trinajstić information content (AvgIpc) is 2.83. The van der Waals surface area contributed by atoms with Gasteiger partial charge in [-0.05, 0) is 84.3 Å². The number of nitrogens with one attached hydrogen (secondary N) is 2. The van der Waals surface area contributed by atoms with Gasteiger partial charge >= 0.3 is 0 Å². The average molecular weight is 471 g/mol. The molecule has 7 nitrogen and oxygen atoms in total.